The first-order chi connectivity index (χ1) is 9.70. The summed E-state index contributed by atoms with van der Waals surface area (Å²) in [5.74, 6) is 1.68. The van der Waals surface area contributed by atoms with Gasteiger partial charge in [-0.2, -0.15) is 5.10 Å². The van der Waals surface area contributed by atoms with Crippen LogP contribution in [0.25, 0.3) is 0 Å². The van der Waals surface area contributed by atoms with Gasteiger partial charge in [0, 0.05) is 31.1 Å². The average molecular weight is 272 g/mol. The lowest BCUT2D eigenvalue weighted by atomic mass is 10.1. The van der Waals surface area contributed by atoms with E-state index in [1.165, 1.54) is 29.8 Å². The van der Waals surface area contributed by atoms with E-state index < -0.39 is 0 Å². The van der Waals surface area contributed by atoms with E-state index in [1.807, 2.05) is 13.8 Å². The van der Waals surface area contributed by atoms with Crippen LogP contribution < -0.4 is 0 Å². The average Bonchev–Trinajstić information content (AvgIpc) is 3.14. The molecule has 5 heteroatoms. The van der Waals surface area contributed by atoms with Gasteiger partial charge < -0.3 is 4.52 Å². The molecule has 1 saturated carbocycles. The van der Waals surface area contributed by atoms with E-state index in [1.54, 1.807) is 0 Å². The predicted octanol–water partition coefficient (Wildman–Crippen LogP) is 2.38. The molecule has 1 aliphatic carbocycles. The maximum atomic E-state index is 5.26. The van der Waals surface area contributed by atoms with E-state index >= 15 is 0 Å². The Labute approximate surface area is 118 Å². The molecule has 4 rings (SSSR count). The highest BCUT2D eigenvalue weighted by molar-refractivity contribution is 5.22. The minimum absolute atomic E-state index is 0.740. The zero-order valence-corrected chi connectivity index (χ0v) is 12.1. The molecule has 0 spiro atoms. The Morgan fingerprint density at radius 2 is 2.15 bits per heavy atom. The van der Waals surface area contributed by atoms with Crippen molar-refractivity contribution in [3.63, 3.8) is 0 Å². The Kier molecular flexibility index (Phi) is 2.70. The van der Waals surface area contributed by atoms with Gasteiger partial charge in [-0.1, -0.05) is 5.16 Å². The van der Waals surface area contributed by atoms with Crippen LogP contribution in [0.2, 0.25) is 0 Å². The van der Waals surface area contributed by atoms with Crippen molar-refractivity contribution in [1.29, 1.82) is 0 Å². The summed E-state index contributed by atoms with van der Waals surface area (Å²) in [5.41, 5.74) is 4.91. The second-order valence-corrected chi connectivity index (χ2v) is 6.07. The highest BCUT2D eigenvalue weighted by atomic mass is 16.5. The van der Waals surface area contributed by atoms with Crippen molar-refractivity contribution in [1.82, 2.24) is 19.8 Å². The third kappa shape index (κ3) is 2.06. The van der Waals surface area contributed by atoms with E-state index in [0.717, 1.165) is 43.6 Å². The third-order valence-corrected chi connectivity index (χ3v) is 4.45. The molecule has 0 bridgehead atoms. The lowest BCUT2D eigenvalue weighted by Crippen LogP contribution is -2.33. The van der Waals surface area contributed by atoms with Crippen LogP contribution in [-0.4, -0.2) is 26.4 Å². The van der Waals surface area contributed by atoms with Gasteiger partial charge in [0.05, 0.1) is 23.6 Å². The summed E-state index contributed by atoms with van der Waals surface area (Å²) in [6.07, 6.45) is 2.64. The molecule has 0 atom stereocenters. The van der Waals surface area contributed by atoms with Gasteiger partial charge in [0.2, 0.25) is 0 Å². The SMILES string of the molecule is Cc1noc(C)c1CN1CCn2nc(C3CC3)cc2C1. The number of hydrogen-bond acceptors (Lipinski definition) is 4. The van der Waals surface area contributed by atoms with Crippen LogP contribution >= 0.6 is 0 Å². The number of rotatable bonds is 3. The van der Waals surface area contributed by atoms with Gasteiger partial charge in [-0.15, -0.1) is 0 Å². The molecule has 1 fully saturated rings. The Morgan fingerprint density at radius 3 is 2.85 bits per heavy atom. The lowest BCUT2D eigenvalue weighted by molar-refractivity contribution is 0.203. The molecule has 0 radical (unpaired) electrons. The molecule has 0 unspecified atom stereocenters. The smallest absolute Gasteiger partial charge is 0.138 e. The molecule has 0 N–H and O–H groups in total. The summed E-state index contributed by atoms with van der Waals surface area (Å²) in [6.45, 7) is 7.95. The quantitative estimate of drug-likeness (QED) is 0.860. The minimum Gasteiger partial charge on any atom is -0.361 e. The molecule has 5 nitrogen and oxygen atoms in total. The van der Waals surface area contributed by atoms with Crippen LogP contribution in [0, 0.1) is 13.8 Å². The monoisotopic (exact) mass is 272 g/mol. The Morgan fingerprint density at radius 1 is 1.30 bits per heavy atom. The molecular weight excluding hydrogens is 252 g/mol. The maximum absolute atomic E-state index is 5.26. The number of nitrogens with zero attached hydrogens (tertiary/aromatic N) is 4. The van der Waals surface area contributed by atoms with Gasteiger partial charge in [0.25, 0.3) is 0 Å². The van der Waals surface area contributed by atoms with Crippen molar-refractivity contribution >= 4 is 0 Å². The first-order valence-electron chi connectivity index (χ1n) is 7.41. The fourth-order valence-corrected chi connectivity index (χ4v) is 3.01. The van der Waals surface area contributed by atoms with Crippen LogP contribution in [0.5, 0.6) is 0 Å². The van der Waals surface area contributed by atoms with Gasteiger partial charge in [-0.05, 0) is 32.8 Å². The van der Waals surface area contributed by atoms with Crippen molar-refractivity contribution in [2.24, 2.45) is 0 Å². The topological polar surface area (TPSA) is 47.1 Å². The van der Waals surface area contributed by atoms with E-state index in [-0.39, 0.29) is 0 Å². The first-order valence-corrected chi connectivity index (χ1v) is 7.41. The lowest BCUT2D eigenvalue weighted by Gasteiger charge is -2.27. The normalized spacial score (nSPS) is 19.3. The largest absolute Gasteiger partial charge is 0.361 e. The summed E-state index contributed by atoms with van der Waals surface area (Å²) in [6, 6.07) is 2.30. The predicted molar refractivity (Wildman–Crippen MR) is 74.3 cm³/mol. The molecular formula is C15H20N4O. The maximum Gasteiger partial charge on any atom is 0.138 e. The molecule has 0 amide bonds. The summed E-state index contributed by atoms with van der Waals surface area (Å²) in [4.78, 5) is 2.46. The van der Waals surface area contributed by atoms with Crippen LogP contribution in [0.1, 0.15) is 47.2 Å². The van der Waals surface area contributed by atoms with Gasteiger partial charge in [0.1, 0.15) is 5.76 Å². The van der Waals surface area contributed by atoms with Crippen molar-refractivity contribution in [3.8, 4) is 0 Å². The van der Waals surface area contributed by atoms with Gasteiger partial charge in [-0.3, -0.25) is 9.58 Å². The van der Waals surface area contributed by atoms with E-state index in [9.17, 15) is 0 Å². The minimum atomic E-state index is 0.740. The Balaban J connectivity index is 1.51. The zero-order chi connectivity index (χ0) is 13.7. The fraction of sp³-hybridized carbons (Fsp3) is 0.600. The third-order valence-electron chi connectivity index (χ3n) is 4.45. The number of fused-ring (bicyclic) bond motifs is 1. The fourth-order valence-electron chi connectivity index (χ4n) is 3.01. The number of aryl methyl sites for hydroxylation is 2. The van der Waals surface area contributed by atoms with Gasteiger partial charge >= 0.3 is 0 Å². The van der Waals surface area contributed by atoms with E-state index in [4.69, 9.17) is 9.62 Å². The summed E-state index contributed by atoms with van der Waals surface area (Å²) in [5, 5.41) is 8.78. The van der Waals surface area contributed by atoms with Crippen LogP contribution in [-0.2, 0) is 19.6 Å². The summed E-state index contributed by atoms with van der Waals surface area (Å²) in [7, 11) is 0. The first kappa shape index (κ1) is 12.1. The molecule has 0 aromatic carbocycles. The standard InChI is InChI=1S/C15H20N4O/c1-10-14(11(2)20-17-10)9-18-5-6-19-13(8-18)7-15(16-19)12-3-4-12/h7,12H,3-6,8-9H2,1-2H3. The van der Waals surface area contributed by atoms with Crippen molar-refractivity contribution in [3.05, 3.63) is 34.5 Å². The summed E-state index contributed by atoms with van der Waals surface area (Å²) >= 11 is 0. The molecule has 2 aromatic heterocycles. The van der Waals surface area contributed by atoms with E-state index in [0.29, 0.717) is 0 Å². The second-order valence-electron chi connectivity index (χ2n) is 6.07. The molecule has 1 aliphatic heterocycles. The number of aromatic nitrogens is 3. The van der Waals surface area contributed by atoms with Crippen molar-refractivity contribution in [2.45, 2.75) is 52.2 Å². The van der Waals surface area contributed by atoms with Crippen LogP contribution in [0.15, 0.2) is 10.6 Å². The molecule has 2 aromatic rings. The van der Waals surface area contributed by atoms with Crippen LogP contribution in [0.3, 0.4) is 0 Å². The Bertz CT molecular complexity index is 619. The molecule has 106 valence electrons. The van der Waals surface area contributed by atoms with Crippen molar-refractivity contribution in [2.75, 3.05) is 6.54 Å². The molecule has 2 aliphatic rings. The highest BCUT2D eigenvalue weighted by Gasteiger charge is 2.29. The van der Waals surface area contributed by atoms with Gasteiger partial charge in [-0.25, -0.2) is 0 Å². The zero-order valence-electron chi connectivity index (χ0n) is 12.1. The van der Waals surface area contributed by atoms with Crippen molar-refractivity contribution < 1.29 is 4.52 Å². The summed E-state index contributed by atoms with van der Waals surface area (Å²) < 4.78 is 7.45. The van der Waals surface area contributed by atoms with E-state index in [2.05, 4.69) is 20.8 Å². The second kappa shape index (κ2) is 4.45. The number of hydrogen-bond donors (Lipinski definition) is 0. The Hall–Kier alpha value is -1.62. The molecule has 0 saturated heterocycles. The molecule has 20 heavy (non-hydrogen) atoms. The molecule has 3 heterocycles. The highest BCUT2D eigenvalue weighted by Crippen LogP contribution is 2.39. The van der Waals surface area contributed by atoms with Gasteiger partial charge in [0.15, 0.2) is 0 Å². The van der Waals surface area contributed by atoms with Crippen LogP contribution in [0.4, 0.5) is 0 Å².